The molecule has 11 heavy (non-hydrogen) atoms. The minimum absolute atomic E-state index is 0.134. The van der Waals surface area contributed by atoms with Crippen LogP contribution in [0.2, 0.25) is 0 Å². The number of carboxylic acid groups (broad SMARTS) is 1. The third-order valence-corrected chi connectivity index (χ3v) is 1.70. The van der Waals surface area contributed by atoms with Gasteiger partial charge >= 0.3 is 5.97 Å². The van der Waals surface area contributed by atoms with Crippen molar-refractivity contribution in [1.29, 1.82) is 0 Å². The van der Waals surface area contributed by atoms with Gasteiger partial charge in [-0.25, -0.2) is 4.79 Å². The van der Waals surface area contributed by atoms with Crippen LogP contribution in [0.1, 0.15) is 19.8 Å². The number of ether oxygens (including phenoxy) is 1. The number of carbonyl (C=O) groups is 1. The average Bonchev–Trinajstić information content (AvgIpc) is 2.00. The van der Waals surface area contributed by atoms with Crippen molar-refractivity contribution in [1.82, 2.24) is 0 Å². The molecule has 0 bridgehead atoms. The van der Waals surface area contributed by atoms with E-state index in [0.29, 0.717) is 0 Å². The lowest BCUT2D eigenvalue weighted by Crippen LogP contribution is -2.38. The molecule has 1 atom stereocenters. The van der Waals surface area contributed by atoms with Crippen LogP contribution in [-0.2, 0) is 9.53 Å². The number of aliphatic carboxylic acids is 1. The van der Waals surface area contributed by atoms with Crippen molar-refractivity contribution in [2.45, 2.75) is 25.4 Å². The van der Waals surface area contributed by atoms with Gasteiger partial charge in [-0.2, -0.15) is 0 Å². The van der Waals surface area contributed by atoms with Gasteiger partial charge in [0.05, 0.1) is 0 Å². The minimum atomic E-state index is -1.62. The minimum Gasteiger partial charge on any atom is -0.479 e. The molecular formula is C7H14O4. The first-order chi connectivity index (χ1) is 5.06. The largest absolute Gasteiger partial charge is 0.479 e. The maximum atomic E-state index is 10.5. The SMILES string of the molecule is CCC(O)(CCOC)C(=O)O. The molecule has 0 aromatic carbocycles. The smallest absolute Gasteiger partial charge is 0.335 e. The van der Waals surface area contributed by atoms with Crippen molar-refractivity contribution in [3.63, 3.8) is 0 Å². The van der Waals surface area contributed by atoms with Crippen LogP contribution < -0.4 is 0 Å². The van der Waals surface area contributed by atoms with E-state index in [1.165, 1.54) is 7.11 Å². The molecule has 0 saturated heterocycles. The van der Waals surface area contributed by atoms with E-state index < -0.39 is 11.6 Å². The first-order valence-corrected chi connectivity index (χ1v) is 3.51. The second-order valence-corrected chi connectivity index (χ2v) is 2.43. The summed E-state index contributed by atoms with van der Waals surface area (Å²) in [4.78, 5) is 10.5. The number of carboxylic acids is 1. The molecule has 0 aliphatic rings. The highest BCUT2D eigenvalue weighted by Gasteiger charge is 2.32. The number of methoxy groups -OCH3 is 1. The average molecular weight is 162 g/mol. The molecular weight excluding hydrogens is 148 g/mol. The van der Waals surface area contributed by atoms with Gasteiger partial charge in [-0.3, -0.25) is 0 Å². The van der Waals surface area contributed by atoms with Gasteiger partial charge in [0.1, 0.15) is 0 Å². The molecule has 0 spiro atoms. The quantitative estimate of drug-likeness (QED) is 0.608. The van der Waals surface area contributed by atoms with Crippen LogP contribution in [0.3, 0.4) is 0 Å². The van der Waals surface area contributed by atoms with Crippen molar-refractivity contribution >= 4 is 5.97 Å². The van der Waals surface area contributed by atoms with Crippen LogP contribution >= 0.6 is 0 Å². The summed E-state index contributed by atoms with van der Waals surface area (Å²) in [7, 11) is 1.47. The summed E-state index contributed by atoms with van der Waals surface area (Å²) >= 11 is 0. The third kappa shape index (κ3) is 2.86. The summed E-state index contributed by atoms with van der Waals surface area (Å²) in [6.45, 7) is 1.89. The maximum Gasteiger partial charge on any atom is 0.335 e. The summed E-state index contributed by atoms with van der Waals surface area (Å²) in [5.41, 5.74) is -1.62. The molecule has 0 aliphatic heterocycles. The standard InChI is InChI=1S/C7H14O4/c1-3-7(10,6(8)9)4-5-11-2/h10H,3-5H2,1-2H3,(H,8,9). The molecule has 66 valence electrons. The van der Waals surface area contributed by atoms with Gasteiger partial charge in [0.15, 0.2) is 5.60 Å². The Morgan fingerprint density at radius 2 is 2.18 bits per heavy atom. The molecule has 0 aliphatic carbocycles. The van der Waals surface area contributed by atoms with Crippen LogP contribution in [0.15, 0.2) is 0 Å². The first-order valence-electron chi connectivity index (χ1n) is 3.51. The van der Waals surface area contributed by atoms with E-state index in [4.69, 9.17) is 5.11 Å². The lowest BCUT2D eigenvalue weighted by Gasteiger charge is -2.20. The van der Waals surface area contributed by atoms with Gasteiger partial charge < -0.3 is 14.9 Å². The Morgan fingerprint density at radius 3 is 2.45 bits per heavy atom. The van der Waals surface area contributed by atoms with E-state index in [1.54, 1.807) is 6.92 Å². The highest BCUT2D eigenvalue weighted by molar-refractivity contribution is 5.76. The van der Waals surface area contributed by atoms with Crippen molar-refractivity contribution < 1.29 is 19.7 Å². The Balaban J connectivity index is 3.99. The highest BCUT2D eigenvalue weighted by Crippen LogP contribution is 2.14. The molecule has 0 radical (unpaired) electrons. The molecule has 0 fully saturated rings. The Labute approximate surface area is 65.8 Å². The fourth-order valence-corrected chi connectivity index (χ4v) is 0.706. The van der Waals surface area contributed by atoms with E-state index in [-0.39, 0.29) is 19.4 Å². The van der Waals surface area contributed by atoms with Crippen LogP contribution in [-0.4, -0.2) is 35.5 Å². The maximum absolute atomic E-state index is 10.5. The Morgan fingerprint density at radius 1 is 1.64 bits per heavy atom. The molecule has 0 amide bonds. The van der Waals surface area contributed by atoms with Gasteiger partial charge in [0.2, 0.25) is 0 Å². The van der Waals surface area contributed by atoms with E-state index in [2.05, 4.69) is 4.74 Å². The number of hydrogen-bond acceptors (Lipinski definition) is 3. The summed E-state index contributed by atoms with van der Waals surface area (Å²) in [6, 6.07) is 0. The third-order valence-electron chi connectivity index (χ3n) is 1.70. The van der Waals surface area contributed by atoms with Crippen LogP contribution in [0.25, 0.3) is 0 Å². The summed E-state index contributed by atoms with van der Waals surface area (Å²) in [5.74, 6) is -1.18. The van der Waals surface area contributed by atoms with Gasteiger partial charge in [0, 0.05) is 20.1 Å². The topological polar surface area (TPSA) is 66.8 Å². The predicted octanol–water partition coefficient (Wildman–Crippen LogP) is 0.249. The zero-order valence-corrected chi connectivity index (χ0v) is 6.83. The summed E-state index contributed by atoms with van der Waals surface area (Å²) in [6.07, 6.45) is 0.334. The molecule has 1 unspecified atom stereocenters. The monoisotopic (exact) mass is 162 g/mol. The van der Waals surface area contributed by atoms with Crippen molar-refractivity contribution in [2.75, 3.05) is 13.7 Å². The molecule has 0 saturated carbocycles. The van der Waals surface area contributed by atoms with Crippen LogP contribution in [0.4, 0.5) is 0 Å². The number of aliphatic hydroxyl groups is 1. The number of rotatable bonds is 5. The molecule has 2 N–H and O–H groups in total. The molecule has 0 aromatic rings. The molecule has 0 heterocycles. The summed E-state index contributed by atoms with van der Waals surface area (Å²) in [5, 5.41) is 17.9. The van der Waals surface area contributed by atoms with E-state index in [0.717, 1.165) is 0 Å². The van der Waals surface area contributed by atoms with Crippen molar-refractivity contribution in [3.8, 4) is 0 Å². The van der Waals surface area contributed by atoms with Gasteiger partial charge in [0.25, 0.3) is 0 Å². The second-order valence-electron chi connectivity index (χ2n) is 2.43. The second kappa shape index (κ2) is 4.31. The van der Waals surface area contributed by atoms with E-state index >= 15 is 0 Å². The summed E-state index contributed by atoms with van der Waals surface area (Å²) < 4.78 is 4.67. The molecule has 4 nitrogen and oxygen atoms in total. The lowest BCUT2D eigenvalue weighted by atomic mass is 9.97. The van der Waals surface area contributed by atoms with Gasteiger partial charge in [-0.1, -0.05) is 6.92 Å². The van der Waals surface area contributed by atoms with Gasteiger partial charge in [-0.15, -0.1) is 0 Å². The van der Waals surface area contributed by atoms with E-state index in [1.807, 2.05) is 0 Å². The molecule has 4 heteroatoms. The Bertz CT molecular complexity index is 134. The van der Waals surface area contributed by atoms with Gasteiger partial charge in [-0.05, 0) is 6.42 Å². The molecule has 0 aromatic heterocycles. The highest BCUT2D eigenvalue weighted by atomic mass is 16.5. The predicted molar refractivity (Wildman–Crippen MR) is 39.4 cm³/mol. The normalized spacial score (nSPS) is 15.9. The fourth-order valence-electron chi connectivity index (χ4n) is 0.706. The fraction of sp³-hybridized carbons (Fsp3) is 0.857. The van der Waals surface area contributed by atoms with E-state index in [9.17, 15) is 9.90 Å². The Hall–Kier alpha value is -0.610. The van der Waals surface area contributed by atoms with Crippen molar-refractivity contribution in [2.24, 2.45) is 0 Å². The van der Waals surface area contributed by atoms with Crippen LogP contribution in [0, 0.1) is 0 Å². The lowest BCUT2D eigenvalue weighted by molar-refractivity contribution is -0.160. The van der Waals surface area contributed by atoms with Crippen molar-refractivity contribution in [3.05, 3.63) is 0 Å². The number of hydrogen-bond donors (Lipinski definition) is 2. The Kier molecular flexibility index (Phi) is 4.07. The molecule has 0 rings (SSSR count). The zero-order chi connectivity index (χ0) is 8.91. The van der Waals surface area contributed by atoms with Crippen LogP contribution in [0.5, 0.6) is 0 Å². The zero-order valence-electron chi connectivity index (χ0n) is 6.83. The first kappa shape index (κ1) is 10.4.